The highest BCUT2D eigenvalue weighted by atomic mass is 19.1. The topological polar surface area (TPSA) is 81.8 Å². The zero-order valence-electron chi connectivity index (χ0n) is 15.1. The van der Waals surface area contributed by atoms with Gasteiger partial charge >= 0.3 is 12.1 Å². The van der Waals surface area contributed by atoms with Gasteiger partial charge in [0.2, 0.25) is 0 Å². The van der Waals surface area contributed by atoms with Crippen molar-refractivity contribution in [1.29, 1.82) is 0 Å². The van der Waals surface area contributed by atoms with Gasteiger partial charge in [-0.25, -0.2) is 14.0 Å². The second kappa shape index (κ2) is 6.59. The van der Waals surface area contributed by atoms with E-state index in [4.69, 9.17) is 0 Å². The molecule has 0 aliphatic carbocycles. The van der Waals surface area contributed by atoms with Crippen molar-refractivity contribution in [2.24, 2.45) is 0 Å². The van der Waals surface area contributed by atoms with Crippen molar-refractivity contribution in [2.45, 2.75) is 45.2 Å². The number of rotatable bonds is 3. The van der Waals surface area contributed by atoms with E-state index >= 15 is 0 Å². The molecule has 1 aromatic carbocycles. The molecule has 5 amide bonds. The summed E-state index contributed by atoms with van der Waals surface area (Å²) in [5.74, 6) is -0.667. The van der Waals surface area contributed by atoms with E-state index in [-0.39, 0.29) is 24.3 Å². The molecule has 0 bridgehead atoms. The first-order valence-electron chi connectivity index (χ1n) is 8.77. The van der Waals surface area contributed by atoms with Gasteiger partial charge in [-0.2, -0.15) is 0 Å². The number of halogens is 1. The number of hydrogen-bond acceptors (Lipinski definition) is 3. The van der Waals surface area contributed by atoms with Crippen molar-refractivity contribution < 1.29 is 18.8 Å². The van der Waals surface area contributed by atoms with Crippen molar-refractivity contribution in [3.8, 4) is 0 Å². The van der Waals surface area contributed by atoms with Gasteiger partial charge in [0.25, 0.3) is 5.91 Å². The van der Waals surface area contributed by atoms with Crippen molar-refractivity contribution in [1.82, 2.24) is 15.1 Å². The molecule has 1 spiro atoms. The van der Waals surface area contributed by atoms with E-state index in [1.54, 1.807) is 26.0 Å². The van der Waals surface area contributed by atoms with E-state index in [1.807, 2.05) is 6.92 Å². The van der Waals surface area contributed by atoms with Crippen molar-refractivity contribution in [3.05, 3.63) is 29.6 Å². The normalized spacial score (nSPS) is 22.5. The van der Waals surface area contributed by atoms with Gasteiger partial charge in [0.15, 0.2) is 0 Å². The third kappa shape index (κ3) is 3.00. The smallest absolute Gasteiger partial charge is 0.322 e. The molecular formula is C18H23FN4O3. The Morgan fingerprint density at radius 2 is 2.12 bits per heavy atom. The third-order valence-corrected chi connectivity index (χ3v) is 4.95. The zero-order chi connectivity index (χ0) is 19.1. The van der Waals surface area contributed by atoms with Crippen LogP contribution in [0, 0.1) is 5.82 Å². The SMILES string of the molecule is CCc1ccc(NC(=O)N2CCC3(C2)NC(=O)N(C(C)C)C3=O)cc1F. The Morgan fingerprint density at radius 3 is 2.69 bits per heavy atom. The number of benzene rings is 1. The summed E-state index contributed by atoms with van der Waals surface area (Å²) in [4.78, 5) is 39.9. The number of imide groups is 1. The van der Waals surface area contributed by atoms with E-state index in [0.29, 0.717) is 30.6 Å². The number of urea groups is 2. The van der Waals surface area contributed by atoms with Gasteiger partial charge in [-0.15, -0.1) is 0 Å². The summed E-state index contributed by atoms with van der Waals surface area (Å²) < 4.78 is 13.9. The van der Waals surface area contributed by atoms with Crippen LogP contribution in [0.4, 0.5) is 19.7 Å². The molecule has 2 saturated heterocycles. The maximum atomic E-state index is 13.9. The zero-order valence-corrected chi connectivity index (χ0v) is 15.1. The van der Waals surface area contributed by atoms with Gasteiger partial charge in [-0.05, 0) is 44.4 Å². The number of anilines is 1. The maximum Gasteiger partial charge on any atom is 0.325 e. The molecule has 140 valence electrons. The van der Waals surface area contributed by atoms with Gasteiger partial charge in [-0.1, -0.05) is 13.0 Å². The summed E-state index contributed by atoms with van der Waals surface area (Å²) in [7, 11) is 0. The summed E-state index contributed by atoms with van der Waals surface area (Å²) in [6, 6.07) is 3.47. The monoisotopic (exact) mass is 362 g/mol. The Morgan fingerprint density at radius 1 is 1.38 bits per heavy atom. The van der Waals surface area contributed by atoms with Crippen LogP contribution in [-0.4, -0.2) is 52.4 Å². The predicted molar refractivity (Wildman–Crippen MR) is 94.2 cm³/mol. The maximum absolute atomic E-state index is 13.9. The molecular weight excluding hydrogens is 339 g/mol. The molecule has 2 fully saturated rings. The van der Waals surface area contributed by atoms with Crippen LogP contribution >= 0.6 is 0 Å². The molecule has 7 nitrogen and oxygen atoms in total. The molecule has 2 N–H and O–H groups in total. The van der Waals surface area contributed by atoms with Gasteiger partial charge in [0.05, 0.1) is 6.54 Å². The highest BCUT2D eigenvalue weighted by Gasteiger charge is 2.56. The molecule has 0 saturated carbocycles. The lowest BCUT2D eigenvalue weighted by molar-refractivity contribution is -0.131. The number of aryl methyl sites for hydroxylation is 1. The highest BCUT2D eigenvalue weighted by Crippen LogP contribution is 2.30. The summed E-state index contributed by atoms with van der Waals surface area (Å²) in [6.07, 6.45) is 0.931. The molecule has 3 rings (SSSR count). The Bertz CT molecular complexity index is 767. The highest BCUT2D eigenvalue weighted by molar-refractivity contribution is 6.08. The molecule has 1 atom stereocenters. The Hall–Kier alpha value is -2.64. The number of nitrogens with one attached hydrogen (secondary N) is 2. The molecule has 1 aromatic rings. The van der Waals surface area contributed by atoms with Crippen molar-refractivity contribution in [2.75, 3.05) is 18.4 Å². The summed E-state index contributed by atoms with van der Waals surface area (Å²) >= 11 is 0. The number of hydrogen-bond donors (Lipinski definition) is 2. The summed E-state index contributed by atoms with van der Waals surface area (Å²) in [5.41, 5.74) is -0.122. The van der Waals surface area contributed by atoms with Crippen molar-refractivity contribution >= 4 is 23.7 Å². The quantitative estimate of drug-likeness (QED) is 0.810. The van der Waals surface area contributed by atoms with Crippen LogP contribution in [0.5, 0.6) is 0 Å². The van der Waals surface area contributed by atoms with Gasteiger partial charge in [0, 0.05) is 18.3 Å². The van der Waals surface area contributed by atoms with Gasteiger partial charge in [-0.3, -0.25) is 9.69 Å². The van der Waals surface area contributed by atoms with Crippen LogP contribution in [0.3, 0.4) is 0 Å². The fourth-order valence-corrected chi connectivity index (χ4v) is 3.48. The molecule has 2 aliphatic rings. The lowest BCUT2D eigenvalue weighted by Crippen LogP contribution is -2.50. The minimum Gasteiger partial charge on any atom is -0.322 e. The first-order valence-corrected chi connectivity index (χ1v) is 8.77. The molecule has 1 unspecified atom stereocenters. The van der Waals surface area contributed by atoms with E-state index in [0.717, 1.165) is 0 Å². The van der Waals surface area contributed by atoms with Crippen LogP contribution in [0.2, 0.25) is 0 Å². The molecule has 2 aliphatic heterocycles. The molecule has 26 heavy (non-hydrogen) atoms. The van der Waals surface area contributed by atoms with Gasteiger partial charge < -0.3 is 15.5 Å². The molecule has 2 heterocycles. The molecule has 0 aromatic heterocycles. The Labute approximate surface area is 151 Å². The standard InChI is InChI=1S/C18H23FN4O3/c1-4-12-5-6-13(9-14(12)19)20-16(25)22-8-7-18(10-22)15(24)23(11(2)3)17(26)21-18/h5-6,9,11H,4,7-8,10H2,1-3H3,(H,20,25)(H,21,26). The van der Waals surface area contributed by atoms with Crippen LogP contribution < -0.4 is 10.6 Å². The van der Waals surface area contributed by atoms with Crippen LogP contribution in [0.1, 0.15) is 32.8 Å². The largest absolute Gasteiger partial charge is 0.325 e. The summed E-state index contributed by atoms with van der Waals surface area (Å²) in [5, 5.41) is 5.39. The molecule has 0 radical (unpaired) electrons. The van der Waals surface area contributed by atoms with Crippen LogP contribution in [-0.2, 0) is 11.2 Å². The Balaban J connectivity index is 1.69. The van der Waals surface area contributed by atoms with E-state index in [1.165, 1.54) is 15.9 Å². The lowest BCUT2D eigenvalue weighted by Gasteiger charge is -2.23. The number of nitrogens with zero attached hydrogens (tertiary/aromatic N) is 2. The fourth-order valence-electron chi connectivity index (χ4n) is 3.48. The Kier molecular flexibility index (Phi) is 4.60. The minimum atomic E-state index is -1.06. The summed E-state index contributed by atoms with van der Waals surface area (Å²) in [6.45, 7) is 5.82. The second-order valence-corrected chi connectivity index (χ2v) is 7.04. The average Bonchev–Trinajstić information content (AvgIpc) is 3.10. The third-order valence-electron chi connectivity index (χ3n) is 4.95. The lowest BCUT2D eigenvalue weighted by atomic mass is 9.99. The second-order valence-electron chi connectivity index (χ2n) is 7.04. The average molecular weight is 362 g/mol. The van der Waals surface area contributed by atoms with Crippen LogP contribution in [0.15, 0.2) is 18.2 Å². The number of likely N-dealkylation sites (tertiary alicyclic amines) is 1. The first-order chi connectivity index (χ1) is 12.3. The van der Waals surface area contributed by atoms with E-state index < -0.39 is 17.6 Å². The number of amides is 5. The fraction of sp³-hybridized carbons (Fsp3) is 0.500. The van der Waals surface area contributed by atoms with Gasteiger partial charge in [0.1, 0.15) is 11.4 Å². The predicted octanol–water partition coefficient (Wildman–Crippen LogP) is 2.32. The first kappa shape index (κ1) is 18.2. The number of carbonyl (C=O) groups excluding carboxylic acids is 3. The van der Waals surface area contributed by atoms with E-state index in [9.17, 15) is 18.8 Å². The number of carbonyl (C=O) groups is 3. The molecule has 8 heteroatoms. The van der Waals surface area contributed by atoms with Crippen molar-refractivity contribution in [3.63, 3.8) is 0 Å². The van der Waals surface area contributed by atoms with Crippen LogP contribution in [0.25, 0.3) is 0 Å². The minimum absolute atomic E-state index is 0.0994. The van der Waals surface area contributed by atoms with E-state index in [2.05, 4.69) is 10.6 Å².